The maximum atomic E-state index is 10.3. The number of aromatic hydroxyl groups is 2. The first-order chi connectivity index (χ1) is 11.7. The number of methoxy groups -OCH3 is 1. The molecule has 2 aromatic rings. The van der Waals surface area contributed by atoms with Gasteiger partial charge in [0, 0.05) is 36.2 Å². The van der Waals surface area contributed by atoms with Crippen LogP contribution in [0.15, 0.2) is 30.5 Å². The maximum absolute atomic E-state index is 10.3. The normalized spacial score (nSPS) is 25.3. The highest BCUT2D eigenvalue weighted by Crippen LogP contribution is 2.53. The van der Waals surface area contributed by atoms with Gasteiger partial charge in [0.25, 0.3) is 0 Å². The summed E-state index contributed by atoms with van der Waals surface area (Å²) in [5.74, 6) is 1.06. The predicted molar refractivity (Wildman–Crippen MR) is 87.6 cm³/mol. The monoisotopic (exact) mass is 328 g/mol. The van der Waals surface area contributed by atoms with Crippen LogP contribution in [0.4, 0.5) is 0 Å². The Labute approximate surface area is 140 Å². The molecular formula is C18H20N2O4. The Hall–Kier alpha value is -2.47. The standard InChI is InChI=1S/C18H20N2O4/c1-23-15-8-10(4-7-20-15)17-12-5-6-19-9-13(12)11-2-3-14(21)16(22)18(11)24-17/h2-4,7-8,12-13,17,19,21-22H,5-6,9H2,1H3. The molecule has 0 spiro atoms. The van der Waals surface area contributed by atoms with Gasteiger partial charge in [-0.3, -0.25) is 0 Å². The van der Waals surface area contributed by atoms with E-state index in [1.807, 2.05) is 18.2 Å². The lowest BCUT2D eigenvalue weighted by Crippen LogP contribution is -2.41. The largest absolute Gasteiger partial charge is 0.504 e. The van der Waals surface area contributed by atoms with Crippen molar-refractivity contribution in [2.45, 2.75) is 18.4 Å². The minimum absolute atomic E-state index is 0.165. The molecule has 2 aliphatic rings. The summed E-state index contributed by atoms with van der Waals surface area (Å²) in [6.45, 7) is 1.76. The molecule has 1 saturated heterocycles. The number of rotatable bonds is 2. The number of phenolic OH excluding ortho intramolecular Hbond substituents is 2. The van der Waals surface area contributed by atoms with E-state index in [2.05, 4.69) is 10.3 Å². The van der Waals surface area contributed by atoms with Gasteiger partial charge in [-0.15, -0.1) is 0 Å². The van der Waals surface area contributed by atoms with E-state index in [9.17, 15) is 10.2 Å². The van der Waals surface area contributed by atoms with E-state index < -0.39 is 0 Å². The van der Waals surface area contributed by atoms with E-state index in [1.54, 1.807) is 13.3 Å². The number of ether oxygens (including phenoxy) is 2. The second kappa shape index (κ2) is 5.87. The molecule has 6 heteroatoms. The number of hydrogen-bond acceptors (Lipinski definition) is 6. The molecular weight excluding hydrogens is 308 g/mol. The third-order valence-corrected chi connectivity index (χ3v) is 5.01. The summed E-state index contributed by atoms with van der Waals surface area (Å²) in [6, 6.07) is 7.16. The molecule has 126 valence electrons. The number of aromatic nitrogens is 1. The van der Waals surface area contributed by atoms with Crippen LogP contribution >= 0.6 is 0 Å². The van der Waals surface area contributed by atoms with E-state index in [1.165, 1.54) is 6.07 Å². The van der Waals surface area contributed by atoms with Gasteiger partial charge in [-0.05, 0) is 30.7 Å². The number of nitrogens with one attached hydrogen (secondary N) is 1. The van der Waals surface area contributed by atoms with Gasteiger partial charge in [-0.2, -0.15) is 0 Å². The quantitative estimate of drug-likeness (QED) is 0.734. The third kappa shape index (κ3) is 2.34. The molecule has 6 nitrogen and oxygen atoms in total. The van der Waals surface area contributed by atoms with Crippen LogP contribution in [-0.2, 0) is 0 Å². The molecule has 2 aliphatic heterocycles. The number of benzene rings is 1. The van der Waals surface area contributed by atoms with Crippen LogP contribution < -0.4 is 14.8 Å². The van der Waals surface area contributed by atoms with Crippen molar-refractivity contribution < 1.29 is 19.7 Å². The summed E-state index contributed by atoms with van der Waals surface area (Å²) < 4.78 is 11.4. The number of pyridine rings is 1. The van der Waals surface area contributed by atoms with Crippen LogP contribution in [0.5, 0.6) is 23.1 Å². The number of piperidine rings is 1. The Balaban J connectivity index is 1.81. The van der Waals surface area contributed by atoms with Gasteiger partial charge in [-0.25, -0.2) is 4.98 Å². The summed E-state index contributed by atoms with van der Waals surface area (Å²) in [5, 5.41) is 23.5. The molecule has 24 heavy (non-hydrogen) atoms. The summed E-state index contributed by atoms with van der Waals surface area (Å²) in [6.07, 6.45) is 2.46. The Morgan fingerprint density at radius 1 is 1.29 bits per heavy atom. The topological polar surface area (TPSA) is 83.8 Å². The molecule has 3 heterocycles. The van der Waals surface area contributed by atoms with Gasteiger partial charge < -0.3 is 25.0 Å². The van der Waals surface area contributed by atoms with Crippen LogP contribution in [0.25, 0.3) is 0 Å². The summed E-state index contributed by atoms with van der Waals surface area (Å²) in [4.78, 5) is 4.15. The van der Waals surface area contributed by atoms with E-state index in [0.717, 1.165) is 30.6 Å². The van der Waals surface area contributed by atoms with E-state index in [0.29, 0.717) is 11.6 Å². The maximum Gasteiger partial charge on any atom is 0.213 e. The Morgan fingerprint density at radius 3 is 3.00 bits per heavy atom. The first-order valence-corrected chi connectivity index (χ1v) is 8.11. The molecule has 0 saturated carbocycles. The van der Waals surface area contributed by atoms with Crippen molar-refractivity contribution in [3.05, 3.63) is 41.6 Å². The van der Waals surface area contributed by atoms with Crippen molar-refractivity contribution in [2.24, 2.45) is 5.92 Å². The van der Waals surface area contributed by atoms with E-state index in [4.69, 9.17) is 9.47 Å². The first-order valence-electron chi connectivity index (χ1n) is 8.11. The van der Waals surface area contributed by atoms with Crippen molar-refractivity contribution >= 4 is 0 Å². The minimum Gasteiger partial charge on any atom is -0.504 e. The summed E-state index contributed by atoms with van der Waals surface area (Å²) in [7, 11) is 1.58. The molecule has 3 atom stereocenters. The van der Waals surface area contributed by atoms with Gasteiger partial charge in [-0.1, -0.05) is 6.07 Å². The van der Waals surface area contributed by atoms with Crippen LogP contribution in [0.3, 0.4) is 0 Å². The lowest BCUT2D eigenvalue weighted by molar-refractivity contribution is 0.0695. The fourth-order valence-corrected chi connectivity index (χ4v) is 3.82. The molecule has 0 bridgehead atoms. The second-order valence-electron chi connectivity index (χ2n) is 6.28. The molecule has 1 aromatic carbocycles. The lowest BCUT2D eigenvalue weighted by Gasteiger charge is -2.43. The van der Waals surface area contributed by atoms with Crippen molar-refractivity contribution in [1.29, 1.82) is 0 Å². The molecule has 0 aliphatic carbocycles. The molecule has 0 radical (unpaired) electrons. The molecule has 4 rings (SSSR count). The van der Waals surface area contributed by atoms with Crippen molar-refractivity contribution in [3.63, 3.8) is 0 Å². The van der Waals surface area contributed by atoms with Gasteiger partial charge in [0.15, 0.2) is 11.5 Å². The Morgan fingerprint density at radius 2 is 2.17 bits per heavy atom. The number of phenols is 2. The zero-order chi connectivity index (χ0) is 16.7. The highest BCUT2D eigenvalue weighted by molar-refractivity contribution is 5.57. The lowest BCUT2D eigenvalue weighted by atomic mass is 9.74. The van der Waals surface area contributed by atoms with E-state index in [-0.39, 0.29) is 29.4 Å². The third-order valence-electron chi connectivity index (χ3n) is 5.01. The molecule has 1 aromatic heterocycles. The highest BCUT2D eigenvalue weighted by atomic mass is 16.5. The molecule has 1 fully saturated rings. The fraction of sp³-hybridized carbons (Fsp3) is 0.389. The average Bonchev–Trinajstić information content (AvgIpc) is 2.64. The summed E-state index contributed by atoms with van der Waals surface area (Å²) in [5.41, 5.74) is 1.91. The highest BCUT2D eigenvalue weighted by Gasteiger charge is 2.42. The minimum atomic E-state index is -0.214. The van der Waals surface area contributed by atoms with Gasteiger partial charge in [0.05, 0.1) is 7.11 Å². The van der Waals surface area contributed by atoms with Crippen LogP contribution in [0, 0.1) is 5.92 Å². The molecule has 3 N–H and O–H groups in total. The first kappa shape index (κ1) is 15.1. The van der Waals surface area contributed by atoms with Crippen molar-refractivity contribution in [3.8, 4) is 23.1 Å². The fourth-order valence-electron chi connectivity index (χ4n) is 3.82. The average molecular weight is 328 g/mol. The Bertz CT molecular complexity index is 765. The number of fused-ring (bicyclic) bond motifs is 3. The zero-order valence-corrected chi connectivity index (χ0v) is 13.4. The van der Waals surface area contributed by atoms with Crippen molar-refractivity contribution in [2.75, 3.05) is 20.2 Å². The second-order valence-corrected chi connectivity index (χ2v) is 6.28. The molecule has 3 unspecified atom stereocenters. The van der Waals surface area contributed by atoms with E-state index >= 15 is 0 Å². The van der Waals surface area contributed by atoms with Crippen molar-refractivity contribution in [1.82, 2.24) is 10.3 Å². The van der Waals surface area contributed by atoms with Gasteiger partial charge in [0.2, 0.25) is 11.6 Å². The van der Waals surface area contributed by atoms with Crippen LogP contribution in [-0.4, -0.2) is 35.4 Å². The van der Waals surface area contributed by atoms with Gasteiger partial charge >= 0.3 is 0 Å². The molecule has 0 amide bonds. The van der Waals surface area contributed by atoms with Crippen LogP contribution in [0.1, 0.15) is 29.6 Å². The van der Waals surface area contributed by atoms with Crippen LogP contribution in [0.2, 0.25) is 0 Å². The number of hydrogen-bond donors (Lipinski definition) is 3. The predicted octanol–water partition coefficient (Wildman–Crippen LogP) is 2.33. The smallest absolute Gasteiger partial charge is 0.213 e. The SMILES string of the molecule is COc1cc(C2Oc3c(ccc(O)c3O)C3CNCCC32)ccn1. The summed E-state index contributed by atoms with van der Waals surface area (Å²) >= 11 is 0. The zero-order valence-electron chi connectivity index (χ0n) is 13.4. The Kier molecular flexibility index (Phi) is 3.69. The number of nitrogens with zero attached hydrogens (tertiary/aromatic N) is 1. The van der Waals surface area contributed by atoms with Gasteiger partial charge in [0.1, 0.15) is 6.10 Å².